The Labute approximate surface area is 161 Å². The summed E-state index contributed by atoms with van der Waals surface area (Å²) in [6.07, 6.45) is 6.24. The van der Waals surface area contributed by atoms with E-state index in [1.165, 1.54) is 6.20 Å². The second kappa shape index (κ2) is 12.2. The first kappa shape index (κ1) is 25.0. The van der Waals surface area contributed by atoms with E-state index >= 15 is 0 Å². The molecule has 0 amide bonds. The Kier molecular flexibility index (Phi) is 12.7. The van der Waals surface area contributed by atoms with Crippen molar-refractivity contribution in [2.45, 2.75) is 0 Å². The van der Waals surface area contributed by atoms with Gasteiger partial charge in [0, 0.05) is 34.4 Å². The van der Waals surface area contributed by atoms with Gasteiger partial charge in [0.1, 0.15) is 16.2 Å². The van der Waals surface area contributed by atoms with E-state index in [1.54, 1.807) is 37.6 Å². The molecular formula is C12H19BBrLiN6O3. The van der Waals surface area contributed by atoms with Gasteiger partial charge in [-0.15, -0.1) is 0 Å². The zero-order valence-electron chi connectivity index (χ0n) is 14.3. The summed E-state index contributed by atoms with van der Waals surface area (Å²) in [5.74, 6) is 1.45. The van der Waals surface area contributed by atoms with Crippen LogP contribution in [0.4, 0.5) is 11.6 Å². The fourth-order valence-corrected chi connectivity index (χ4v) is 1.56. The van der Waals surface area contributed by atoms with Crippen molar-refractivity contribution in [1.82, 2.24) is 19.9 Å². The van der Waals surface area contributed by atoms with Crippen LogP contribution in [0, 0.1) is 0 Å². The molecule has 0 atom stereocenters. The minimum absolute atomic E-state index is 0. The molecule has 0 fully saturated rings. The Bertz CT molecular complexity index is 585. The van der Waals surface area contributed by atoms with Gasteiger partial charge in [0.25, 0.3) is 0 Å². The average molecular weight is 393 g/mol. The van der Waals surface area contributed by atoms with Gasteiger partial charge in [-0.3, -0.25) is 9.97 Å². The van der Waals surface area contributed by atoms with Gasteiger partial charge < -0.3 is 25.3 Å². The van der Waals surface area contributed by atoms with Gasteiger partial charge in [-0.25, -0.2) is 9.97 Å². The van der Waals surface area contributed by atoms with Crippen molar-refractivity contribution in [3.8, 4) is 0 Å². The van der Waals surface area contributed by atoms with Crippen LogP contribution in [0.2, 0.25) is 0 Å². The largest absolute Gasteiger partial charge is 1.00 e. The first-order valence-electron chi connectivity index (χ1n) is 6.31. The average Bonchev–Trinajstić information content (AvgIpc) is 2.48. The molecule has 0 aliphatic carbocycles. The van der Waals surface area contributed by atoms with E-state index in [-0.39, 0.29) is 29.9 Å². The first-order valence-corrected chi connectivity index (χ1v) is 7.11. The number of nitrogens with zero attached hydrogens (tertiary/aromatic N) is 6. The van der Waals surface area contributed by atoms with Crippen molar-refractivity contribution in [1.29, 1.82) is 0 Å². The van der Waals surface area contributed by atoms with Crippen molar-refractivity contribution < 1.29 is 34.4 Å². The first-order chi connectivity index (χ1) is 10.3. The van der Waals surface area contributed by atoms with Crippen LogP contribution in [0.5, 0.6) is 0 Å². The van der Waals surface area contributed by atoms with Crippen LogP contribution in [-0.2, 0) is 0 Å². The molecule has 0 saturated carbocycles. The minimum Gasteiger partial charge on any atom is -0.870 e. The molecule has 0 aromatic carbocycles. The van der Waals surface area contributed by atoms with Crippen LogP contribution < -0.4 is 34.3 Å². The van der Waals surface area contributed by atoms with Crippen LogP contribution in [-0.4, -0.2) is 70.8 Å². The molecule has 2 rings (SSSR count). The molecule has 3 N–H and O–H groups in total. The van der Waals surface area contributed by atoms with Crippen molar-refractivity contribution in [3.63, 3.8) is 0 Å². The summed E-state index contributed by atoms with van der Waals surface area (Å²) < 4.78 is 0.763. The van der Waals surface area contributed by atoms with Crippen LogP contribution >= 0.6 is 15.9 Å². The molecule has 0 saturated heterocycles. The number of aromatic nitrogens is 4. The van der Waals surface area contributed by atoms with E-state index in [2.05, 4.69) is 35.9 Å². The van der Waals surface area contributed by atoms with E-state index in [9.17, 15) is 0 Å². The molecule has 12 heteroatoms. The number of rotatable bonds is 3. The van der Waals surface area contributed by atoms with Crippen molar-refractivity contribution in [3.05, 3.63) is 29.4 Å². The summed E-state index contributed by atoms with van der Waals surface area (Å²) in [6, 6.07) is 0. The Morgan fingerprint density at radius 3 is 1.71 bits per heavy atom. The van der Waals surface area contributed by atoms with Gasteiger partial charge >= 0.3 is 26.0 Å². The molecule has 24 heavy (non-hydrogen) atoms. The third-order valence-corrected chi connectivity index (χ3v) is 2.80. The molecule has 0 radical (unpaired) electrons. The van der Waals surface area contributed by atoms with E-state index in [0.29, 0.717) is 5.82 Å². The minimum atomic E-state index is -1.56. The Balaban J connectivity index is 0. The van der Waals surface area contributed by atoms with E-state index in [0.717, 1.165) is 10.4 Å². The maximum absolute atomic E-state index is 8.76. The van der Waals surface area contributed by atoms with Crippen molar-refractivity contribution >= 4 is 40.3 Å². The fraction of sp³-hybridized carbons (Fsp3) is 0.333. The Morgan fingerprint density at radius 1 is 0.875 bits per heavy atom. The summed E-state index contributed by atoms with van der Waals surface area (Å²) in [7, 11) is 5.90. The van der Waals surface area contributed by atoms with Gasteiger partial charge in [-0.2, -0.15) is 0 Å². The standard InChI is InChI=1S/C6H10BN3O2.C6H8BrN3.Li.H2O/c1-10(2)6-4-8-3-5(9-6)7(11)12;1-10(2)6-4-8-3-5(7)9-6;;/h3-4,11-12H,1-2H3;3-4H,1-2H3;;1H2/q;;+1;/p-1. The van der Waals surface area contributed by atoms with Gasteiger partial charge in [-0.1, -0.05) is 0 Å². The maximum Gasteiger partial charge on any atom is 1.00 e. The molecule has 0 aliphatic rings. The summed E-state index contributed by atoms with van der Waals surface area (Å²) >= 11 is 3.23. The summed E-state index contributed by atoms with van der Waals surface area (Å²) in [6.45, 7) is 0. The molecule has 2 aromatic heterocycles. The Hall–Kier alpha value is -1.22. The normalized spacial score (nSPS) is 8.79. The quantitative estimate of drug-likeness (QED) is 0.508. The Morgan fingerprint density at radius 2 is 1.33 bits per heavy atom. The number of hydrogen-bond donors (Lipinski definition) is 2. The molecule has 2 aromatic rings. The van der Waals surface area contributed by atoms with Crippen LogP contribution in [0.1, 0.15) is 0 Å². The predicted molar refractivity (Wildman–Crippen MR) is 92.2 cm³/mol. The number of halogens is 1. The van der Waals surface area contributed by atoms with Crippen molar-refractivity contribution in [2.75, 3.05) is 38.0 Å². The summed E-state index contributed by atoms with van der Waals surface area (Å²) in [5.41, 5.74) is 0.154. The molecular weight excluding hydrogens is 374 g/mol. The zero-order valence-corrected chi connectivity index (χ0v) is 15.9. The van der Waals surface area contributed by atoms with Gasteiger partial charge in [-0.05, 0) is 15.9 Å². The molecule has 0 aliphatic heterocycles. The predicted octanol–water partition coefficient (Wildman–Crippen LogP) is -3.65. The molecule has 0 unspecified atom stereocenters. The molecule has 0 bridgehead atoms. The third-order valence-electron chi connectivity index (χ3n) is 2.41. The topological polar surface area (TPSA) is 128 Å². The number of hydrogen-bond acceptors (Lipinski definition) is 9. The SMILES string of the molecule is CN(C)c1cncc(B(O)O)n1.CN(C)c1cncc(Br)n1.[Li+].[OH-]. The zero-order chi connectivity index (χ0) is 16.7. The van der Waals surface area contributed by atoms with E-state index in [1.807, 2.05) is 19.0 Å². The molecule has 126 valence electrons. The van der Waals surface area contributed by atoms with E-state index in [4.69, 9.17) is 10.0 Å². The van der Waals surface area contributed by atoms with Crippen LogP contribution in [0.3, 0.4) is 0 Å². The van der Waals surface area contributed by atoms with Gasteiger partial charge in [0.15, 0.2) is 0 Å². The van der Waals surface area contributed by atoms with Gasteiger partial charge in [0.05, 0.1) is 24.2 Å². The monoisotopic (exact) mass is 392 g/mol. The second-order valence-corrected chi connectivity index (χ2v) is 5.48. The van der Waals surface area contributed by atoms with Gasteiger partial charge in [0.2, 0.25) is 0 Å². The summed E-state index contributed by atoms with van der Waals surface area (Å²) in [4.78, 5) is 19.5. The van der Waals surface area contributed by atoms with Crippen LogP contribution in [0.15, 0.2) is 29.4 Å². The molecule has 0 spiro atoms. The molecule has 9 nitrogen and oxygen atoms in total. The molecule has 2 heterocycles. The summed E-state index contributed by atoms with van der Waals surface area (Å²) in [5, 5.41) is 17.5. The smallest absolute Gasteiger partial charge is 0.870 e. The number of anilines is 2. The fourth-order valence-electron chi connectivity index (χ4n) is 1.26. The maximum atomic E-state index is 8.76. The third kappa shape index (κ3) is 8.58. The van der Waals surface area contributed by atoms with Crippen LogP contribution in [0.25, 0.3) is 0 Å². The second-order valence-electron chi connectivity index (χ2n) is 4.66. The van der Waals surface area contributed by atoms with E-state index < -0.39 is 7.12 Å². The van der Waals surface area contributed by atoms with Crippen molar-refractivity contribution in [2.24, 2.45) is 0 Å².